The van der Waals surface area contributed by atoms with E-state index in [1.807, 2.05) is 52.0 Å². The van der Waals surface area contributed by atoms with E-state index in [0.29, 0.717) is 24.5 Å². The smallest absolute Gasteiger partial charge is 0.264 e. The fourth-order valence-electron chi connectivity index (χ4n) is 5.60. The molecule has 0 radical (unpaired) electrons. The van der Waals surface area contributed by atoms with Gasteiger partial charge in [-0.1, -0.05) is 73.7 Å². The quantitative estimate of drug-likeness (QED) is 0.248. The lowest BCUT2D eigenvalue weighted by molar-refractivity contribution is -0.140. The lowest BCUT2D eigenvalue weighted by Crippen LogP contribution is -2.54. The second kappa shape index (κ2) is 15.2. The van der Waals surface area contributed by atoms with E-state index >= 15 is 0 Å². The molecule has 1 fully saturated rings. The summed E-state index contributed by atoms with van der Waals surface area (Å²) in [5.41, 5.74) is 3.20. The Kier molecular flexibility index (Phi) is 11.4. The number of carbonyl (C=O) groups excluding carboxylic acids is 2. The van der Waals surface area contributed by atoms with E-state index in [-0.39, 0.29) is 23.4 Å². The second-order valence-electron chi connectivity index (χ2n) is 11.5. The largest absolute Gasteiger partial charge is 0.494 e. The predicted molar refractivity (Wildman–Crippen MR) is 174 cm³/mol. The molecule has 0 aliphatic heterocycles. The zero-order valence-corrected chi connectivity index (χ0v) is 27.1. The molecule has 0 spiro atoms. The maximum atomic E-state index is 14.3. The number of nitrogens with one attached hydrogen (secondary N) is 1. The lowest BCUT2D eigenvalue weighted by atomic mass is 9.95. The number of aryl methyl sites for hydroxylation is 2. The van der Waals surface area contributed by atoms with Gasteiger partial charge in [0.2, 0.25) is 11.8 Å². The number of anilines is 1. The van der Waals surface area contributed by atoms with E-state index in [1.54, 1.807) is 48.5 Å². The fraction of sp³-hybridized carbons (Fsp3) is 0.429. The summed E-state index contributed by atoms with van der Waals surface area (Å²) in [6.45, 7) is 7.81. The van der Waals surface area contributed by atoms with E-state index in [4.69, 9.17) is 4.74 Å². The number of amides is 2. The number of hydrogen-bond donors (Lipinski definition) is 1. The van der Waals surface area contributed by atoms with Crippen LogP contribution in [0.15, 0.2) is 77.7 Å². The molecule has 1 atom stereocenters. The summed E-state index contributed by atoms with van der Waals surface area (Å²) in [6.07, 6.45) is 5.55. The van der Waals surface area contributed by atoms with Gasteiger partial charge in [-0.2, -0.15) is 0 Å². The molecule has 1 N–H and O–H groups in total. The average molecular weight is 620 g/mol. The molecule has 3 aromatic rings. The standard InChI is InChI=1S/C35H45N3O5S/c1-5-33(35(40)36-29-10-8-7-9-11-29)37(24-28-16-12-26(3)13-17-28)34(39)25-38(30-18-20-31(21-19-30)43-6-2)44(41,42)32-22-14-27(4)15-23-32/h12-23,29,33H,5-11,24-25H2,1-4H3,(H,36,40)/t33-/m0/s1. The van der Waals surface area contributed by atoms with Gasteiger partial charge in [0, 0.05) is 12.6 Å². The highest BCUT2D eigenvalue weighted by Gasteiger charge is 2.34. The maximum Gasteiger partial charge on any atom is 0.264 e. The molecule has 1 saturated carbocycles. The zero-order chi connectivity index (χ0) is 31.7. The SMILES string of the molecule is CCOc1ccc(N(CC(=O)N(Cc2ccc(C)cc2)[C@@H](CC)C(=O)NC2CCCCC2)S(=O)(=O)c2ccc(C)cc2)cc1. The molecular weight excluding hydrogens is 574 g/mol. The van der Waals surface area contributed by atoms with Gasteiger partial charge < -0.3 is 15.0 Å². The van der Waals surface area contributed by atoms with Gasteiger partial charge in [0.1, 0.15) is 18.3 Å². The van der Waals surface area contributed by atoms with E-state index in [0.717, 1.165) is 46.7 Å². The zero-order valence-electron chi connectivity index (χ0n) is 26.3. The van der Waals surface area contributed by atoms with Crippen LogP contribution in [0.25, 0.3) is 0 Å². The van der Waals surface area contributed by atoms with Gasteiger partial charge in [-0.15, -0.1) is 0 Å². The number of hydrogen-bond acceptors (Lipinski definition) is 5. The number of rotatable bonds is 13. The molecule has 2 amide bonds. The molecule has 0 unspecified atom stereocenters. The molecule has 44 heavy (non-hydrogen) atoms. The van der Waals surface area contributed by atoms with Gasteiger partial charge in [-0.3, -0.25) is 13.9 Å². The highest BCUT2D eigenvalue weighted by atomic mass is 32.2. The third kappa shape index (κ3) is 8.40. The van der Waals surface area contributed by atoms with Crippen LogP contribution >= 0.6 is 0 Å². The third-order valence-electron chi connectivity index (χ3n) is 8.13. The van der Waals surface area contributed by atoms with Crippen molar-refractivity contribution >= 4 is 27.5 Å². The number of sulfonamides is 1. The summed E-state index contributed by atoms with van der Waals surface area (Å²) in [4.78, 5) is 29.6. The van der Waals surface area contributed by atoms with Crippen molar-refractivity contribution in [3.8, 4) is 5.75 Å². The maximum absolute atomic E-state index is 14.3. The molecular formula is C35H45N3O5S. The summed E-state index contributed by atoms with van der Waals surface area (Å²) in [7, 11) is -4.13. The van der Waals surface area contributed by atoms with Crippen LogP contribution in [0.3, 0.4) is 0 Å². The van der Waals surface area contributed by atoms with Crippen LogP contribution < -0.4 is 14.4 Å². The minimum absolute atomic E-state index is 0.0805. The Hall–Kier alpha value is -3.85. The summed E-state index contributed by atoms with van der Waals surface area (Å²) in [5.74, 6) is -0.0589. The number of carbonyl (C=O) groups is 2. The molecule has 0 aromatic heterocycles. The Morgan fingerprint density at radius 1 is 0.864 bits per heavy atom. The first-order valence-corrected chi connectivity index (χ1v) is 17.0. The van der Waals surface area contributed by atoms with Crippen molar-refractivity contribution in [2.45, 2.75) is 89.7 Å². The van der Waals surface area contributed by atoms with Crippen molar-refractivity contribution in [1.82, 2.24) is 10.2 Å². The van der Waals surface area contributed by atoms with Gasteiger partial charge in [-0.25, -0.2) is 8.42 Å². The van der Waals surface area contributed by atoms with Crippen molar-refractivity contribution in [2.75, 3.05) is 17.5 Å². The first kappa shape index (κ1) is 33.1. The van der Waals surface area contributed by atoms with Crippen LogP contribution in [0.4, 0.5) is 5.69 Å². The van der Waals surface area contributed by atoms with Crippen LogP contribution in [0.1, 0.15) is 69.1 Å². The van der Waals surface area contributed by atoms with Crippen molar-refractivity contribution in [3.05, 3.63) is 89.5 Å². The van der Waals surface area contributed by atoms with Crippen molar-refractivity contribution < 1.29 is 22.7 Å². The molecule has 9 heteroatoms. The average Bonchev–Trinajstić information content (AvgIpc) is 3.02. The number of ether oxygens (including phenoxy) is 1. The molecule has 8 nitrogen and oxygen atoms in total. The molecule has 3 aromatic carbocycles. The monoisotopic (exact) mass is 619 g/mol. The molecule has 236 valence electrons. The molecule has 0 bridgehead atoms. The van der Waals surface area contributed by atoms with Crippen LogP contribution in [0.5, 0.6) is 5.75 Å². The Balaban J connectivity index is 1.70. The minimum Gasteiger partial charge on any atom is -0.494 e. The minimum atomic E-state index is -4.13. The van der Waals surface area contributed by atoms with Crippen molar-refractivity contribution in [3.63, 3.8) is 0 Å². The summed E-state index contributed by atoms with van der Waals surface area (Å²) < 4.78 is 34.9. The van der Waals surface area contributed by atoms with Gasteiger partial charge in [0.25, 0.3) is 10.0 Å². The number of benzene rings is 3. The van der Waals surface area contributed by atoms with Crippen LogP contribution in [0.2, 0.25) is 0 Å². The highest BCUT2D eigenvalue weighted by molar-refractivity contribution is 7.92. The normalized spacial score (nSPS) is 14.5. The van der Waals surface area contributed by atoms with Crippen LogP contribution in [0, 0.1) is 13.8 Å². The van der Waals surface area contributed by atoms with Gasteiger partial charge >= 0.3 is 0 Å². The van der Waals surface area contributed by atoms with Gasteiger partial charge in [0.15, 0.2) is 0 Å². The summed E-state index contributed by atoms with van der Waals surface area (Å²) in [5, 5.41) is 3.19. The van der Waals surface area contributed by atoms with Crippen molar-refractivity contribution in [1.29, 1.82) is 0 Å². The Labute approximate surface area is 262 Å². The fourth-order valence-corrected chi connectivity index (χ4v) is 7.01. The van der Waals surface area contributed by atoms with Gasteiger partial charge in [-0.05, 0) is 82.0 Å². The second-order valence-corrected chi connectivity index (χ2v) is 13.4. The highest BCUT2D eigenvalue weighted by Crippen LogP contribution is 2.27. The molecule has 4 rings (SSSR count). The first-order valence-electron chi connectivity index (χ1n) is 15.6. The lowest BCUT2D eigenvalue weighted by Gasteiger charge is -2.34. The van der Waals surface area contributed by atoms with E-state index in [2.05, 4.69) is 5.32 Å². The molecule has 0 saturated heterocycles. The van der Waals surface area contributed by atoms with E-state index in [9.17, 15) is 18.0 Å². The summed E-state index contributed by atoms with van der Waals surface area (Å²) >= 11 is 0. The Bertz CT molecular complexity index is 1480. The topological polar surface area (TPSA) is 96.0 Å². The van der Waals surface area contributed by atoms with E-state index < -0.39 is 28.5 Å². The molecule has 1 aliphatic carbocycles. The molecule has 1 aliphatic rings. The molecule has 0 heterocycles. The van der Waals surface area contributed by atoms with E-state index in [1.165, 1.54) is 11.3 Å². The summed E-state index contributed by atoms with van der Waals surface area (Å²) in [6, 6.07) is 20.4. The van der Waals surface area contributed by atoms with Crippen molar-refractivity contribution in [2.24, 2.45) is 0 Å². The predicted octanol–water partition coefficient (Wildman–Crippen LogP) is 6.15. The van der Waals surface area contributed by atoms with Crippen LogP contribution in [-0.4, -0.2) is 50.4 Å². The first-order chi connectivity index (χ1) is 21.1. The third-order valence-corrected chi connectivity index (χ3v) is 9.92. The van der Waals surface area contributed by atoms with Crippen LogP contribution in [-0.2, 0) is 26.2 Å². The Morgan fingerprint density at radius 3 is 2.02 bits per heavy atom. The number of nitrogens with zero attached hydrogens (tertiary/aromatic N) is 2. The Morgan fingerprint density at radius 2 is 1.45 bits per heavy atom. The van der Waals surface area contributed by atoms with Gasteiger partial charge in [0.05, 0.1) is 17.2 Å².